The number of carbonyl (C=O) groups excluding carboxylic acids is 2. The summed E-state index contributed by atoms with van der Waals surface area (Å²) in [6, 6.07) is 16.1. The molecule has 29 heavy (non-hydrogen) atoms. The van der Waals surface area contributed by atoms with Crippen molar-refractivity contribution in [3.05, 3.63) is 82.3 Å². The Morgan fingerprint density at radius 2 is 1.93 bits per heavy atom. The maximum absolute atomic E-state index is 12.3. The minimum absolute atomic E-state index is 0.00581. The third kappa shape index (κ3) is 4.46. The number of pyridine rings is 1. The summed E-state index contributed by atoms with van der Waals surface area (Å²) in [6.45, 7) is 1.53. The smallest absolute Gasteiger partial charge is 0.309 e. The Hall–Kier alpha value is -3.19. The second kappa shape index (κ2) is 8.87. The first-order chi connectivity index (χ1) is 14.2. The molecule has 1 aromatic carbocycles. The van der Waals surface area contributed by atoms with Crippen molar-refractivity contribution in [3.63, 3.8) is 0 Å². The van der Waals surface area contributed by atoms with Crippen LogP contribution < -0.4 is 15.5 Å². The molecule has 2 amide bonds. The number of amides is 2. The van der Waals surface area contributed by atoms with Gasteiger partial charge in [0.05, 0.1) is 6.04 Å². The van der Waals surface area contributed by atoms with Crippen molar-refractivity contribution in [2.75, 3.05) is 18.0 Å². The predicted octanol–water partition coefficient (Wildman–Crippen LogP) is 2.68. The monoisotopic (exact) mass is 406 g/mol. The largest absolute Gasteiger partial charge is 0.361 e. The highest BCUT2D eigenvalue weighted by Gasteiger charge is 2.28. The zero-order chi connectivity index (χ0) is 20.1. The van der Waals surface area contributed by atoms with Crippen molar-refractivity contribution in [1.29, 1.82) is 0 Å². The molecule has 0 saturated heterocycles. The van der Waals surface area contributed by atoms with Crippen LogP contribution in [0.3, 0.4) is 0 Å². The fourth-order valence-corrected chi connectivity index (χ4v) is 4.41. The van der Waals surface area contributed by atoms with Crippen LogP contribution in [-0.2, 0) is 22.6 Å². The minimum Gasteiger partial charge on any atom is -0.361 e. The lowest BCUT2D eigenvalue weighted by atomic mass is 10.1. The number of nitrogens with one attached hydrogen (secondary N) is 2. The first-order valence-corrected chi connectivity index (χ1v) is 10.4. The number of para-hydroxylation sites is 1. The van der Waals surface area contributed by atoms with E-state index in [1.165, 1.54) is 11.3 Å². The van der Waals surface area contributed by atoms with Crippen LogP contribution in [0.1, 0.15) is 22.0 Å². The molecule has 2 N–H and O–H groups in total. The highest BCUT2D eigenvalue weighted by molar-refractivity contribution is 7.10. The zero-order valence-corrected chi connectivity index (χ0v) is 16.7. The lowest BCUT2D eigenvalue weighted by Crippen LogP contribution is -2.43. The van der Waals surface area contributed by atoms with Crippen molar-refractivity contribution in [2.24, 2.45) is 0 Å². The van der Waals surface area contributed by atoms with Gasteiger partial charge in [-0.25, -0.2) is 0 Å². The molecule has 0 unspecified atom stereocenters. The van der Waals surface area contributed by atoms with Gasteiger partial charge in [0.1, 0.15) is 0 Å². The molecule has 0 aliphatic carbocycles. The van der Waals surface area contributed by atoms with E-state index in [9.17, 15) is 9.59 Å². The summed E-state index contributed by atoms with van der Waals surface area (Å²) in [7, 11) is 0. The highest BCUT2D eigenvalue weighted by atomic mass is 32.1. The van der Waals surface area contributed by atoms with E-state index < -0.39 is 11.8 Å². The zero-order valence-electron chi connectivity index (χ0n) is 15.9. The summed E-state index contributed by atoms with van der Waals surface area (Å²) in [5.74, 6) is -1.26. The number of thiophene rings is 1. The second-order valence-corrected chi connectivity index (χ2v) is 7.84. The van der Waals surface area contributed by atoms with Crippen LogP contribution in [0.15, 0.2) is 66.3 Å². The molecule has 148 valence electrons. The third-order valence-corrected chi connectivity index (χ3v) is 5.98. The van der Waals surface area contributed by atoms with Crippen molar-refractivity contribution in [1.82, 2.24) is 15.6 Å². The summed E-state index contributed by atoms with van der Waals surface area (Å²) in [4.78, 5) is 32.0. The van der Waals surface area contributed by atoms with Gasteiger partial charge in [-0.2, -0.15) is 0 Å². The van der Waals surface area contributed by atoms with Crippen LogP contribution in [-0.4, -0.2) is 29.9 Å². The number of fused-ring (bicyclic) bond motifs is 1. The van der Waals surface area contributed by atoms with Gasteiger partial charge in [-0.3, -0.25) is 14.6 Å². The van der Waals surface area contributed by atoms with Crippen LogP contribution in [0.4, 0.5) is 5.69 Å². The molecule has 1 aliphatic heterocycles. The van der Waals surface area contributed by atoms with Gasteiger partial charge in [0.2, 0.25) is 0 Å². The quantitative estimate of drug-likeness (QED) is 0.618. The second-order valence-electron chi connectivity index (χ2n) is 6.86. The molecule has 0 spiro atoms. The molecule has 6 nitrogen and oxygen atoms in total. The Bertz CT molecular complexity index is 975. The number of carbonyl (C=O) groups is 2. The summed E-state index contributed by atoms with van der Waals surface area (Å²) in [5.41, 5.74) is 3.36. The molecule has 7 heteroatoms. The first-order valence-electron chi connectivity index (χ1n) is 9.55. The van der Waals surface area contributed by atoms with Gasteiger partial charge in [0, 0.05) is 42.6 Å². The van der Waals surface area contributed by atoms with E-state index in [4.69, 9.17) is 0 Å². The van der Waals surface area contributed by atoms with Crippen molar-refractivity contribution in [2.45, 2.75) is 19.0 Å². The number of aromatic nitrogens is 1. The van der Waals surface area contributed by atoms with Gasteiger partial charge >= 0.3 is 11.8 Å². The predicted molar refractivity (Wildman–Crippen MR) is 114 cm³/mol. The Morgan fingerprint density at radius 3 is 2.72 bits per heavy atom. The molecule has 1 aliphatic rings. The number of anilines is 1. The van der Waals surface area contributed by atoms with Crippen LogP contribution in [0, 0.1) is 0 Å². The third-order valence-electron chi connectivity index (χ3n) is 5.01. The molecular formula is C22H22N4O2S. The molecule has 4 rings (SSSR count). The number of hydrogen-bond acceptors (Lipinski definition) is 5. The molecule has 1 atom stereocenters. The topological polar surface area (TPSA) is 74.3 Å². The molecule has 0 fully saturated rings. The van der Waals surface area contributed by atoms with Crippen LogP contribution >= 0.6 is 11.3 Å². The average Bonchev–Trinajstić information content (AvgIpc) is 3.44. The Kier molecular flexibility index (Phi) is 5.86. The van der Waals surface area contributed by atoms with E-state index in [1.54, 1.807) is 29.8 Å². The average molecular weight is 407 g/mol. The van der Waals surface area contributed by atoms with Gasteiger partial charge in [-0.05, 0) is 41.1 Å². The van der Waals surface area contributed by atoms with E-state index in [2.05, 4.69) is 44.8 Å². The summed E-state index contributed by atoms with van der Waals surface area (Å²) < 4.78 is 0. The maximum atomic E-state index is 12.3. The van der Waals surface area contributed by atoms with Crippen molar-refractivity contribution in [3.8, 4) is 0 Å². The standard InChI is InChI=1S/C22H22N4O2S/c27-21(24-14-16-5-3-10-23-13-16)22(28)25-15-19(20-8-4-12-29-20)26-11-9-17-6-1-2-7-18(17)26/h1-8,10,12-13,19H,9,11,14-15H2,(H,24,27)(H,25,28)/t19-/m1/s1. The number of nitrogens with zero attached hydrogens (tertiary/aromatic N) is 2. The van der Waals surface area contributed by atoms with Crippen LogP contribution in [0.5, 0.6) is 0 Å². The van der Waals surface area contributed by atoms with E-state index in [0.29, 0.717) is 6.54 Å². The molecule has 2 aromatic heterocycles. The number of benzene rings is 1. The fourth-order valence-electron chi connectivity index (χ4n) is 3.57. The first kappa shape index (κ1) is 19.1. The molecule has 3 heterocycles. The molecular weight excluding hydrogens is 384 g/mol. The molecule has 0 radical (unpaired) electrons. The summed E-state index contributed by atoms with van der Waals surface area (Å²) in [6.07, 6.45) is 4.31. The van der Waals surface area contributed by atoms with E-state index in [-0.39, 0.29) is 12.6 Å². The minimum atomic E-state index is -0.638. The molecule has 3 aromatic rings. The number of rotatable bonds is 6. The van der Waals surface area contributed by atoms with Gasteiger partial charge < -0.3 is 15.5 Å². The Labute approximate surface area is 173 Å². The lowest BCUT2D eigenvalue weighted by molar-refractivity contribution is -0.139. The van der Waals surface area contributed by atoms with Crippen molar-refractivity contribution < 1.29 is 9.59 Å². The highest BCUT2D eigenvalue weighted by Crippen LogP contribution is 2.36. The Morgan fingerprint density at radius 1 is 1.07 bits per heavy atom. The van der Waals surface area contributed by atoms with E-state index >= 15 is 0 Å². The Balaban J connectivity index is 1.40. The van der Waals surface area contributed by atoms with Crippen molar-refractivity contribution >= 4 is 28.8 Å². The van der Waals surface area contributed by atoms with Gasteiger partial charge in [0.25, 0.3) is 0 Å². The molecule has 0 bridgehead atoms. The maximum Gasteiger partial charge on any atom is 0.309 e. The van der Waals surface area contributed by atoms with E-state index in [0.717, 1.165) is 23.4 Å². The van der Waals surface area contributed by atoms with E-state index in [1.807, 2.05) is 23.6 Å². The van der Waals surface area contributed by atoms with Crippen LogP contribution in [0.2, 0.25) is 0 Å². The molecule has 0 saturated carbocycles. The normalized spacial score (nSPS) is 13.6. The fraction of sp³-hybridized carbons (Fsp3) is 0.227. The summed E-state index contributed by atoms with van der Waals surface area (Å²) >= 11 is 1.66. The van der Waals surface area contributed by atoms with Gasteiger partial charge in [0.15, 0.2) is 0 Å². The van der Waals surface area contributed by atoms with Crippen LogP contribution in [0.25, 0.3) is 0 Å². The summed E-state index contributed by atoms with van der Waals surface area (Å²) in [5, 5.41) is 7.49. The number of hydrogen-bond donors (Lipinski definition) is 2. The lowest BCUT2D eigenvalue weighted by Gasteiger charge is -2.30. The van der Waals surface area contributed by atoms with Gasteiger partial charge in [-0.15, -0.1) is 11.3 Å². The van der Waals surface area contributed by atoms with Gasteiger partial charge in [-0.1, -0.05) is 30.3 Å². The SMILES string of the molecule is O=C(NCc1cccnc1)C(=O)NC[C@H](c1cccs1)N1CCc2ccccc21.